The molecule has 0 aromatic carbocycles. The summed E-state index contributed by atoms with van der Waals surface area (Å²) in [7, 11) is 0. The second-order valence-corrected chi connectivity index (χ2v) is 10.00. The molecule has 0 atom stereocenters. The zero-order valence-electron chi connectivity index (χ0n) is 25.4. The molecule has 16 heteroatoms. The fourth-order valence-electron chi connectivity index (χ4n) is 4.22. The molecule has 4 N–H and O–H groups in total. The van der Waals surface area contributed by atoms with E-state index < -0.39 is 0 Å². The number of piperazine rings is 4. The summed E-state index contributed by atoms with van der Waals surface area (Å²) in [6.07, 6.45) is 1.71. The summed E-state index contributed by atoms with van der Waals surface area (Å²) in [5, 5.41) is 44.9. The minimum atomic E-state index is -0.159. The average Bonchev–Trinajstić information content (AvgIpc) is 3.06. The van der Waals surface area contributed by atoms with Crippen LogP contribution >= 0.6 is 0 Å². The molecule has 0 aromatic rings. The number of rotatable bonds is 8. The number of nitrogens with zero attached hydrogens (tertiary/aromatic N) is 8. The summed E-state index contributed by atoms with van der Waals surface area (Å²) in [6, 6.07) is 8.19. The minimum Gasteiger partial charge on any atom is -0.346 e. The van der Waals surface area contributed by atoms with Crippen LogP contribution in [0.3, 0.4) is 0 Å². The fraction of sp³-hybridized carbons (Fsp3) is 0.724. The Labute approximate surface area is 266 Å². The number of carbonyl (C=O) groups is 4. The van der Waals surface area contributed by atoms with E-state index in [1.165, 1.54) is 9.80 Å². The maximum atomic E-state index is 11.6. The lowest BCUT2D eigenvalue weighted by Gasteiger charge is -2.33. The molecule has 4 fully saturated rings. The molecule has 4 amide bonds. The molecule has 4 aliphatic heterocycles. The van der Waals surface area contributed by atoms with Gasteiger partial charge in [0.2, 0.25) is 23.6 Å². The summed E-state index contributed by atoms with van der Waals surface area (Å²) in [6.45, 7) is 11.4. The second-order valence-electron chi connectivity index (χ2n) is 10.00. The molecule has 0 saturated carbocycles. The van der Waals surface area contributed by atoms with Crippen molar-refractivity contribution in [1.82, 2.24) is 40.9 Å². The molecule has 16 nitrogen and oxygen atoms in total. The Hall–Kier alpha value is -4.32. The average molecular weight is 629 g/mol. The first-order valence-electron chi connectivity index (χ1n) is 14.8. The van der Waals surface area contributed by atoms with Gasteiger partial charge >= 0.3 is 0 Å². The molecule has 0 radical (unpaired) electrons. The Morgan fingerprint density at radius 2 is 0.844 bits per heavy atom. The first kappa shape index (κ1) is 40.7. The number of amides is 4. The highest BCUT2D eigenvalue weighted by atomic mass is 16.2. The summed E-state index contributed by atoms with van der Waals surface area (Å²) in [4.78, 5) is 51.1. The van der Waals surface area contributed by atoms with Crippen LogP contribution in [0.25, 0.3) is 0 Å². The third-order valence-electron chi connectivity index (χ3n) is 6.74. The van der Waals surface area contributed by atoms with Crippen molar-refractivity contribution in [3.63, 3.8) is 0 Å². The van der Waals surface area contributed by atoms with E-state index in [0.29, 0.717) is 25.9 Å². The van der Waals surface area contributed by atoms with E-state index in [4.69, 9.17) is 21.0 Å². The van der Waals surface area contributed by atoms with Crippen LogP contribution in [0, 0.1) is 45.3 Å². The van der Waals surface area contributed by atoms with Crippen molar-refractivity contribution in [3.8, 4) is 24.3 Å². The first-order chi connectivity index (χ1) is 21.3. The Morgan fingerprint density at radius 3 is 1.11 bits per heavy atom. The van der Waals surface area contributed by atoms with Crippen LogP contribution in [-0.2, 0) is 19.2 Å². The quantitative estimate of drug-likeness (QED) is 0.228. The van der Waals surface area contributed by atoms with Gasteiger partial charge in [0.05, 0.1) is 63.3 Å². The Kier molecular flexibility index (Phi) is 23.6. The summed E-state index contributed by atoms with van der Waals surface area (Å²) < 4.78 is 0. The monoisotopic (exact) mass is 628 g/mol. The van der Waals surface area contributed by atoms with Gasteiger partial charge in [-0.05, 0) is 0 Å². The summed E-state index contributed by atoms with van der Waals surface area (Å²) in [5.41, 5.74) is 0. The molecule has 0 unspecified atom stereocenters. The van der Waals surface area contributed by atoms with Crippen LogP contribution in [0.1, 0.15) is 33.1 Å². The molecule has 45 heavy (non-hydrogen) atoms. The van der Waals surface area contributed by atoms with Crippen molar-refractivity contribution in [2.24, 2.45) is 0 Å². The van der Waals surface area contributed by atoms with Crippen LogP contribution in [0.2, 0.25) is 0 Å². The Bertz CT molecular complexity index is 962. The topological polar surface area (TPSA) is 225 Å². The van der Waals surface area contributed by atoms with Gasteiger partial charge in [-0.15, -0.1) is 0 Å². The summed E-state index contributed by atoms with van der Waals surface area (Å²) in [5.74, 6) is -0.560. The number of nitriles is 4. The lowest BCUT2D eigenvalue weighted by molar-refractivity contribution is -0.149. The number of carbonyl (C=O) groups excluding carboxylic acids is 4. The van der Waals surface area contributed by atoms with E-state index in [0.717, 1.165) is 65.4 Å². The van der Waals surface area contributed by atoms with Crippen LogP contribution in [-0.4, -0.2) is 148 Å². The number of hydrogen-bond acceptors (Lipinski definition) is 12. The van der Waals surface area contributed by atoms with Crippen LogP contribution in [0.5, 0.6) is 0 Å². The van der Waals surface area contributed by atoms with Gasteiger partial charge in [-0.3, -0.25) is 29.0 Å². The third kappa shape index (κ3) is 19.6. The van der Waals surface area contributed by atoms with Crippen LogP contribution in [0.4, 0.5) is 0 Å². The van der Waals surface area contributed by atoms with E-state index >= 15 is 0 Å². The highest BCUT2D eigenvalue weighted by Crippen LogP contribution is 2.06. The van der Waals surface area contributed by atoms with Gasteiger partial charge < -0.3 is 31.1 Å². The van der Waals surface area contributed by atoms with Gasteiger partial charge in [0.25, 0.3) is 0 Å². The van der Waals surface area contributed by atoms with Crippen molar-refractivity contribution in [2.45, 2.75) is 33.1 Å². The Morgan fingerprint density at radius 1 is 0.533 bits per heavy atom. The maximum absolute atomic E-state index is 11.6. The van der Waals surface area contributed by atoms with E-state index in [1.807, 2.05) is 12.1 Å². The van der Waals surface area contributed by atoms with E-state index in [2.05, 4.69) is 43.2 Å². The van der Waals surface area contributed by atoms with Gasteiger partial charge in [0.15, 0.2) is 0 Å². The third-order valence-corrected chi connectivity index (χ3v) is 6.74. The van der Waals surface area contributed by atoms with Gasteiger partial charge in [-0.25, -0.2) is 0 Å². The zero-order chi connectivity index (χ0) is 32.4. The predicted octanol–water partition coefficient (Wildman–Crippen LogP) is -2.04. The SMILES string of the molecule is C.C1CNCCN1.N#CCCN1CC(=O)N(CCC#N)CC1=O.N#CCCN1CCN(CCC#N)CC1.O=C1CNC(=O)CN1. The maximum Gasteiger partial charge on any atom is 0.242 e. The lowest BCUT2D eigenvalue weighted by atomic mass is 10.2. The second kappa shape index (κ2) is 26.1. The highest BCUT2D eigenvalue weighted by molar-refractivity contribution is 5.93. The largest absolute Gasteiger partial charge is 0.346 e. The summed E-state index contributed by atoms with van der Waals surface area (Å²) >= 11 is 0. The zero-order valence-corrected chi connectivity index (χ0v) is 25.4. The van der Waals surface area contributed by atoms with Gasteiger partial charge in [0.1, 0.15) is 0 Å². The Balaban J connectivity index is 0.000000604. The van der Waals surface area contributed by atoms with Crippen molar-refractivity contribution >= 4 is 23.6 Å². The van der Waals surface area contributed by atoms with Gasteiger partial charge in [-0.2, -0.15) is 21.0 Å². The first-order valence-corrected chi connectivity index (χ1v) is 14.8. The number of hydrogen-bond donors (Lipinski definition) is 4. The standard InChI is InChI=1S/C10H12N4O2.C10H16N4.C4H6N2O2.C4H10N2.CH4/c11-3-1-5-13-7-10(16)14(6-2-4-12)8-9(13)15;11-3-1-5-13-7-9-14(10-8-13)6-2-4-12;7-3-1-5-4(8)2-6-3;1-2-6-4-3-5-1;/h1-2,5-8H2;1-2,5-10H2;1-2H2,(H,5,8)(H,6,7);5-6H,1-4H2;1H4. The van der Waals surface area contributed by atoms with Crippen molar-refractivity contribution in [3.05, 3.63) is 0 Å². The van der Waals surface area contributed by atoms with Gasteiger partial charge in [0, 0.05) is 91.4 Å². The molecular weight excluding hydrogens is 580 g/mol. The van der Waals surface area contributed by atoms with Crippen molar-refractivity contribution in [1.29, 1.82) is 21.0 Å². The predicted molar refractivity (Wildman–Crippen MR) is 165 cm³/mol. The van der Waals surface area contributed by atoms with Gasteiger partial charge in [-0.1, -0.05) is 7.43 Å². The molecule has 0 aliphatic carbocycles. The molecule has 0 aromatic heterocycles. The molecule has 4 rings (SSSR count). The fourth-order valence-corrected chi connectivity index (χ4v) is 4.22. The van der Waals surface area contributed by atoms with E-state index in [1.54, 1.807) is 0 Å². The molecule has 4 heterocycles. The molecular formula is C29H48N12O4. The van der Waals surface area contributed by atoms with E-state index in [9.17, 15) is 19.2 Å². The normalized spacial score (nSPS) is 18.1. The lowest BCUT2D eigenvalue weighted by Crippen LogP contribution is -2.53. The number of nitrogens with one attached hydrogen (secondary N) is 4. The van der Waals surface area contributed by atoms with Crippen molar-refractivity contribution < 1.29 is 19.2 Å². The van der Waals surface area contributed by atoms with Crippen molar-refractivity contribution in [2.75, 3.05) is 105 Å². The molecule has 0 spiro atoms. The molecule has 4 aliphatic rings. The smallest absolute Gasteiger partial charge is 0.242 e. The molecule has 4 saturated heterocycles. The minimum absolute atomic E-state index is 0. The van der Waals surface area contributed by atoms with E-state index in [-0.39, 0.29) is 70.1 Å². The highest BCUT2D eigenvalue weighted by Gasteiger charge is 2.28. The molecule has 248 valence electrons. The van der Waals surface area contributed by atoms with Crippen LogP contribution < -0.4 is 21.3 Å². The molecule has 0 bridgehead atoms. The van der Waals surface area contributed by atoms with Crippen LogP contribution in [0.15, 0.2) is 0 Å².